The van der Waals surface area contributed by atoms with E-state index in [-0.39, 0.29) is 11.6 Å². The summed E-state index contributed by atoms with van der Waals surface area (Å²) in [5.41, 5.74) is 1.60. The third-order valence-corrected chi connectivity index (χ3v) is 5.99. The molecule has 0 fully saturated rings. The fourth-order valence-electron chi connectivity index (χ4n) is 3.30. The molecular weight excluding hydrogens is 502 g/mol. The van der Waals surface area contributed by atoms with Crippen LogP contribution in [0.15, 0.2) is 45.3 Å². The SMILES string of the molecule is Fc1cc(Br)ccc1CCCCCCOCCCCCCc1ccc(Br)cc1F. The predicted octanol–water partition coefficient (Wildman–Crippen LogP) is 8.41. The van der Waals surface area contributed by atoms with E-state index < -0.39 is 0 Å². The summed E-state index contributed by atoms with van der Waals surface area (Å²) in [5.74, 6) is -0.241. The zero-order valence-electron chi connectivity index (χ0n) is 16.9. The highest BCUT2D eigenvalue weighted by molar-refractivity contribution is 9.10. The van der Waals surface area contributed by atoms with E-state index in [0.717, 1.165) is 97.5 Å². The first-order valence-electron chi connectivity index (χ1n) is 10.5. The van der Waals surface area contributed by atoms with Crippen LogP contribution < -0.4 is 0 Å². The van der Waals surface area contributed by atoms with Gasteiger partial charge < -0.3 is 4.74 Å². The molecule has 0 N–H and O–H groups in total. The molecule has 0 aromatic heterocycles. The third kappa shape index (κ3) is 10.2. The monoisotopic (exact) mass is 530 g/mol. The number of aryl methyl sites for hydroxylation is 2. The lowest BCUT2D eigenvalue weighted by atomic mass is 10.1. The van der Waals surface area contributed by atoms with Crippen LogP contribution in [0.4, 0.5) is 8.78 Å². The molecule has 0 aliphatic carbocycles. The molecule has 5 heteroatoms. The van der Waals surface area contributed by atoms with Crippen molar-refractivity contribution in [3.8, 4) is 0 Å². The second-order valence-corrected chi connectivity index (χ2v) is 9.24. The van der Waals surface area contributed by atoms with Crippen molar-refractivity contribution in [1.29, 1.82) is 0 Å². The second-order valence-electron chi connectivity index (χ2n) is 7.41. The number of ether oxygens (including phenoxy) is 1. The molecular formula is C24H30Br2F2O. The molecule has 0 saturated heterocycles. The molecule has 29 heavy (non-hydrogen) atoms. The zero-order valence-corrected chi connectivity index (χ0v) is 20.0. The van der Waals surface area contributed by atoms with E-state index in [1.165, 1.54) is 12.1 Å². The zero-order chi connectivity index (χ0) is 20.9. The number of unbranched alkanes of at least 4 members (excludes halogenated alkanes) is 6. The van der Waals surface area contributed by atoms with E-state index in [1.807, 2.05) is 24.3 Å². The Morgan fingerprint density at radius 3 is 1.41 bits per heavy atom. The summed E-state index contributed by atoms with van der Waals surface area (Å²) in [7, 11) is 0. The minimum atomic E-state index is -0.121. The fraction of sp³-hybridized carbons (Fsp3) is 0.500. The lowest BCUT2D eigenvalue weighted by Gasteiger charge is -2.06. The van der Waals surface area contributed by atoms with Gasteiger partial charge in [-0.15, -0.1) is 0 Å². The van der Waals surface area contributed by atoms with Crippen LogP contribution in [0.3, 0.4) is 0 Å². The summed E-state index contributed by atoms with van der Waals surface area (Å²) in [6, 6.07) is 10.6. The molecule has 0 amide bonds. The normalized spacial score (nSPS) is 11.2. The number of hydrogen-bond acceptors (Lipinski definition) is 1. The Bertz CT molecular complexity index is 675. The molecule has 0 spiro atoms. The van der Waals surface area contributed by atoms with Gasteiger partial charge >= 0.3 is 0 Å². The third-order valence-electron chi connectivity index (χ3n) is 5.00. The van der Waals surface area contributed by atoms with Crippen molar-refractivity contribution < 1.29 is 13.5 Å². The Morgan fingerprint density at radius 1 is 0.586 bits per heavy atom. The summed E-state index contributed by atoms with van der Waals surface area (Å²) in [6.45, 7) is 1.60. The van der Waals surface area contributed by atoms with E-state index in [4.69, 9.17) is 4.74 Å². The van der Waals surface area contributed by atoms with Crippen molar-refractivity contribution in [3.63, 3.8) is 0 Å². The van der Waals surface area contributed by atoms with Gasteiger partial charge in [0.15, 0.2) is 0 Å². The summed E-state index contributed by atoms with van der Waals surface area (Å²) in [4.78, 5) is 0. The number of rotatable bonds is 14. The topological polar surface area (TPSA) is 9.23 Å². The van der Waals surface area contributed by atoms with Gasteiger partial charge in [0.05, 0.1) is 0 Å². The average Bonchev–Trinajstić information content (AvgIpc) is 2.68. The molecule has 0 saturated carbocycles. The lowest BCUT2D eigenvalue weighted by Crippen LogP contribution is -1.98. The van der Waals surface area contributed by atoms with Gasteiger partial charge in [0.25, 0.3) is 0 Å². The van der Waals surface area contributed by atoms with Crippen LogP contribution in [-0.2, 0) is 17.6 Å². The minimum absolute atomic E-state index is 0.121. The van der Waals surface area contributed by atoms with Gasteiger partial charge in [0, 0.05) is 22.2 Å². The van der Waals surface area contributed by atoms with E-state index in [9.17, 15) is 8.78 Å². The van der Waals surface area contributed by atoms with Crippen LogP contribution in [0.25, 0.3) is 0 Å². The van der Waals surface area contributed by atoms with Gasteiger partial charge in [-0.3, -0.25) is 0 Å². The summed E-state index contributed by atoms with van der Waals surface area (Å²) < 4.78 is 34.7. The molecule has 160 valence electrons. The maximum Gasteiger partial charge on any atom is 0.127 e. The number of hydrogen-bond donors (Lipinski definition) is 0. The number of halogens is 4. The standard InChI is InChI=1S/C24H30Br2F2O/c25-21-13-11-19(23(27)17-21)9-5-1-3-7-15-29-16-8-4-2-6-10-20-12-14-22(26)18-24(20)28/h11-14,17-18H,1-10,15-16H2. The molecule has 0 radical (unpaired) electrons. The van der Waals surface area contributed by atoms with Crippen molar-refractivity contribution in [2.24, 2.45) is 0 Å². The summed E-state index contributed by atoms with van der Waals surface area (Å²) in [5, 5.41) is 0. The van der Waals surface area contributed by atoms with E-state index in [0.29, 0.717) is 0 Å². The van der Waals surface area contributed by atoms with Gasteiger partial charge in [-0.2, -0.15) is 0 Å². The summed E-state index contributed by atoms with van der Waals surface area (Å²) in [6.07, 6.45) is 10.2. The first-order chi connectivity index (χ1) is 14.1. The molecule has 0 heterocycles. The van der Waals surface area contributed by atoms with Crippen LogP contribution in [0.1, 0.15) is 62.5 Å². The highest BCUT2D eigenvalue weighted by Crippen LogP contribution is 2.18. The quantitative estimate of drug-likeness (QED) is 0.222. The molecule has 0 aliphatic rings. The van der Waals surface area contributed by atoms with Crippen LogP contribution in [-0.4, -0.2) is 13.2 Å². The van der Waals surface area contributed by atoms with Crippen molar-refractivity contribution in [1.82, 2.24) is 0 Å². The van der Waals surface area contributed by atoms with Crippen LogP contribution >= 0.6 is 31.9 Å². The van der Waals surface area contributed by atoms with Gasteiger partial charge in [0.2, 0.25) is 0 Å². The first-order valence-corrected chi connectivity index (χ1v) is 12.1. The Balaban J connectivity index is 1.38. The molecule has 0 aliphatic heterocycles. The van der Waals surface area contributed by atoms with Gasteiger partial charge in [-0.05, 0) is 73.9 Å². The summed E-state index contributed by atoms with van der Waals surface area (Å²) >= 11 is 6.56. The molecule has 2 aromatic rings. The lowest BCUT2D eigenvalue weighted by molar-refractivity contribution is 0.125. The molecule has 1 nitrogen and oxygen atoms in total. The molecule has 2 aromatic carbocycles. The van der Waals surface area contributed by atoms with E-state index in [1.54, 1.807) is 0 Å². The molecule has 0 atom stereocenters. The van der Waals surface area contributed by atoms with E-state index >= 15 is 0 Å². The Morgan fingerprint density at radius 2 is 1.00 bits per heavy atom. The van der Waals surface area contributed by atoms with Crippen molar-refractivity contribution in [3.05, 3.63) is 68.1 Å². The van der Waals surface area contributed by atoms with Crippen LogP contribution in [0.2, 0.25) is 0 Å². The van der Waals surface area contributed by atoms with Crippen molar-refractivity contribution in [2.45, 2.75) is 64.2 Å². The fourth-order valence-corrected chi connectivity index (χ4v) is 3.96. The number of benzene rings is 2. The average molecular weight is 532 g/mol. The highest BCUT2D eigenvalue weighted by atomic mass is 79.9. The maximum absolute atomic E-state index is 13.7. The van der Waals surface area contributed by atoms with Crippen LogP contribution in [0.5, 0.6) is 0 Å². The Hall–Kier alpha value is -0.780. The van der Waals surface area contributed by atoms with Crippen molar-refractivity contribution in [2.75, 3.05) is 13.2 Å². The molecule has 0 unspecified atom stereocenters. The van der Waals surface area contributed by atoms with Gasteiger partial charge in [-0.1, -0.05) is 69.7 Å². The van der Waals surface area contributed by atoms with Gasteiger partial charge in [-0.25, -0.2) is 8.78 Å². The predicted molar refractivity (Wildman–Crippen MR) is 123 cm³/mol. The second kappa shape index (κ2) is 14.3. The minimum Gasteiger partial charge on any atom is -0.381 e. The van der Waals surface area contributed by atoms with E-state index in [2.05, 4.69) is 31.9 Å². The van der Waals surface area contributed by atoms with Crippen molar-refractivity contribution >= 4 is 31.9 Å². The van der Waals surface area contributed by atoms with Crippen LogP contribution in [0, 0.1) is 11.6 Å². The largest absolute Gasteiger partial charge is 0.381 e. The Labute approximate surface area is 190 Å². The molecule has 2 rings (SSSR count). The highest BCUT2D eigenvalue weighted by Gasteiger charge is 2.03. The molecule has 0 bridgehead atoms. The maximum atomic E-state index is 13.7. The smallest absolute Gasteiger partial charge is 0.127 e. The van der Waals surface area contributed by atoms with Gasteiger partial charge in [0.1, 0.15) is 11.6 Å². The first kappa shape index (κ1) is 24.5. The Kier molecular flexibility index (Phi) is 12.0.